The number of carbonyl (C=O) groups is 2. The van der Waals surface area contributed by atoms with Gasteiger partial charge in [-0.2, -0.15) is 0 Å². The van der Waals surface area contributed by atoms with Crippen LogP contribution in [0.3, 0.4) is 0 Å². The Hall–Kier alpha value is -1.88. The normalized spacial score (nSPS) is 14.0. The van der Waals surface area contributed by atoms with E-state index in [9.17, 15) is 9.59 Å². The fourth-order valence-corrected chi connectivity index (χ4v) is 1.92. The van der Waals surface area contributed by atoms with Crippen LogP contribution in [-0.2, 0) is 16.0 Å². The third kappa shape index (κ3) is 4.66. The summed E-state index contributed by atoms with van der Waals surface area (Å²) in [6.07, 6.45) is 2.57. The summed E-state index contributed by atoms with van der Waals surface area (Å²) in [5.41, 5.74) is 0.698. The van der Waals surface area contributed by atoms with Crippen molar-refractivity contribution in [1.29, 1.82) is 0 Å². The fourth-order valence-electron chi connectivity index (χ4n) is 1.92. The van der Waals surface area contributed by atoms with Gasteiger partial charge < -0.3 is 15.2 Å². The van der Waals surface area contributed by atoms with Crippen molar-refractivity contribution >= 4 is 11.9 Å². The van der Waals surface area contributed by atoms with E-state index in [1.807, 2.05) is 0 Å². The topological polar surface area (TPSA) is 75.6 Å². The second-order valence-electron chi connectivity index (χ2n) is 5.01. The molecule has 1 saturated carbocycles. The Morgan fingerprint density at radius 2 is 2.05 bits per heavy atom. The van der Waals surface area contributed by atoms with Gasteiger partial charge in [0.05, 0.1) is 18.6 Å². The van der Waals surface area contributed by atoms with Gasteiger partial charge in [-0.05, 0) is 30.4 Å². The Bertz CT molecular complexity index is 483. The maximum Gasteiger partial charge on any atom is 0.335 e. The van der Waals surface area contributed by atoms with Crippen LogP contribution in [0, 0.1) is 5.92 Å². The van der Waals surface area contributed by atoms with E-state index in [0.29, 0.717) is 24.6 Å². The molecule has 0 heterocycles. The molecule has 1 aromatic rings. The van der Waals surface area contributed by atoms with Crippen LogP contribution in [0.5, 0.6) is 0 Å². The van der Waals surface area contributed by atoms with Crippen LogP contribution < -0.4 is 5.32 Å². The number of carboxylic acid groups (broad SMARTS) is 1. The predicted octanol–water partition coefficient (Wildman–Crippen LogP) is 1.47. The average molecular weight is 277 g/mol. The molecular weight excluding hydrogens is 258 g/mol. The summed E-state index contributed by atoms with van der Waals surface area (Å²) < 4.78 is 5.41. The van der Waals surface area contributed by atoms with Gasteiger partial charge in [0.2, 0.25) is 5.91 Å². The summed E-state index contributed by atoms with van der Waals surface area (Å²) >= 11 is 0. The lowest BCUT2D eigenvalue weighted by atomic mass is 10.0. The van der Waals surface area contributed by atoms with Crippen molar-refractivity contribution in [3.8, 4) is 0 Å². The summed E-state index contributed by atoms with van der Waals surface area (Å²) in [7, 11) is 0. The molecule has 1 fully saturated rings. The number of carboxylic acids is 1. The van der Waals surface area contributed by atoms with E-state index in [4.69, 9.17) is 9.84 Å². The van der Waals surface area contributed by atoms with Crippen molar-refractivity contribution in [3.63, 3.8) is 0 Å². The van der Waals surface area contributed by atoms with E-state index in [1.165, 1.54) is 18.9 Å². The molecule has 5 heteroatoms. The third-order valence-corrected chi connectivity index (χ3v) is 3.22. The smallest absolute Gasteiger partial charge is 0.335 e. The van der Waals surface area contributed by atoms with Crippen LogP contribution in [0.25, 0.3) is 0 Å². The number of hydrogen-bond acceptors (Lipinski definition) is 3. The van der Waals surface area contributed by atoms with Crippen LogP contribution in [-0.4, -0.2) is 36.7 Å². The number of ether oxygens (including phenoxy) is 1. The summed E-state index contributed by atoms with van der Waals surface area (Å²) in [5, 5.41) is 11.8. The molecule has 0 radical (unpaired) electrons. The second kappa shape index (κ2) is 7.05. The first-order chi connectivity index (χ1) is 9.66. The quantitative estimate of drug-likeness (QED) is 0.706. The number of hydrogen-bond donors (Lipinski definition) is 2. The van der Waals surface area contributed by atoms with Crippen LogP contribution in [0.1, 0.15) is 28.8 Å². The van der Waals surface area contributed by atoms with Gasteiger partial charge >= 0.3 is 5.97 Å². The number of rotatable bonds is 8. The largest absolute Gasteiger partial charge is 0.478 e. The molecule has 0 saturated heterocycles. The van der Waals surface area contributed by atoms with E-state index in [1.54, 1.807) is 18.2 Å². The summed E-state index contributed by atoms with van der Waals surface area (Å²) in [6, 6.07) is 6.54. The molecule has 1 aliphatic carbocycles. The Kier molecular flexibility index (Phi) is 5.12. The first-order valence-corrected chi connectivity index (χ1v) is 6.82. The van der Waals surface area contributed by atoms with Gasteiger partial charge in [-0.15, -0.1) is 0 Å². The molecule has 0 spiro atoms. The van der Waals surface area contributed by atoms with Crippen LogP contribution in [0.15, 0.2) is 24.3 Å². The zero-order valence-electron chi connectivity index (χ0n) is 11.3. The van der Waals surface area contributed by atoms with Crippen LogP contribution in [0.2, 0.25) is 0 Å². The van der Waals surface area contributed by atoms with E-state index in [-0.39, 0.29) is 17.9 Å². The van der Waals surface area contributed by atoms with Gasteiger partial charge in [0.25, 0.3) is 0 Å². The van der Waals surface area contributed by atoms with Gasteiger partial charge in [0.15, 0.2) is 0 Å². The third-order valence-electron chi connectivity index (χ3n) is 3.22. The van der Waals surface area contributed by atoms with Gasteiger partial charge in [0.1, 0.15) is 0 Å². The van der Waals surface area contributed by atoms with E-state index in [2.05, 4.69) is 5.32 Å². The highest BCUT2D eigenvalue weighted by molar-refractivity contribution is 5.91. The number of carbonyl (C=O) groups excluding carboxylic acids is 1. The average Bonchev–Trinajstić information content (AvgIpc) is 3.23. The molecular formula is C15H19NO4. The Morgan fingerprint density at radius 3 is 2.75 bits per heavy atom. The van der Waals surface area contributed by atoms with E-state index >= 15 is 0 Å². The molecule has 20 heavy (non-hydrogen) atoms. The molecule has 0 aliphatic heterocycles. The zero-order chi connectivity index (χ0) is 14.4. The molecule has 5 nitrogen and oxygen atoms in total. The Labute approximate surface area is 117 Å². The molecule has 2 N–H and O–H groups in total. The Balaban J connectivity index is 1.71. The molecule has 0 bridgehead atoms. The molecule has 0 aromatic heterocycles. The first-order valence-electron chi connectivity index (χ1n) is 6.82. The van der Waals surface area contributed by atoms with Crippen molar-refractivity contribution in [2.45, 2.75) is 19.3 Å². The highest BCUT2D eigenvalue weighted by Crippen LogP contribution is 2.28. The summed E-state index contributed by atoms with van der Waals surface area (Å²) in [6.45, 7) is 1.74. The molecule has 1 aliphatic rings. The number of benzene rings is 1. The van der Waals surface area contributed by atoms with Gasteiger partial charge in [-0.1, -0.05) is 18.2 Å². The minimum absolute atomic E-state index is 0.0745. The van der Waals surface area contributed by atoms with Gasteiger partial charge in [-0.3, -0.25) is 4.79 Å². The monoisotopic (exact) mass is 277 g/mol. The highest BCUT2D eigenvalue weighted by atomic mass is 16.5. The fraction of sp³-hybridized carbons (Fsp3) is 0.467. The minimum atomic E-state index is -1.01. The second-order valence-corrected chi connectivity index (χ2v) is 5.01. The lowest BCUT2D eigenvalue weighted by Gasteiger charge is -2.08. The van der Waals surface area contributed by atoms with Crippen molar-refractivity contribution in [2.24, 2.45) is 5.92 Å². The lowest BCUT2D eigenvalue weighted by Crippen LogP contribution is -2.29. The zero-order valence-corrected chi connectivity index (χ0v) is 11.3. The number of aromatic carboxylic acids is 1. The molecule has 2 rings (SSSR count). The van der Waals surface area contributed by atoms with Crippen LogP contribution >= 0.6 is 0 Å². The van der Waals surface area contributed by atoms with Crippen molar-refractivity contribution in [2.75, 3.05) is 19.8 Å². The minimum Gasteiger partial charge on any atom is -0.478 e. The highest BCUT2D eigenvalue weighted by Gasteiger charge is 2.20. The molecule has 108 valence electrons. The van der Waals surface area contributed by atoms with Crippen LogP contribution in [0.4, 0.5) is 0 Å². The maximum absolute atomic E-state index is 11.7. The molecule has 0 unspecified atom stereocenters. The van der Waals surface area contributed by atoms with E-state index < -0.39 is 5.97 Å². The van der Waals surface area contributed by atoms with Crippen molar-refractivity contribution in [1.82, 2.24) is 5.32 Å². The van der Waals surface area contributed by atoms with Crippen molar-refractivity contribution < 1.29 is 19.4 Å². The molecule has 0 atom stereocenters. The summed E-state index contributed by atoms with van der Waals surface area (Å²) in [5.74, 6) is -0.483. The standard InChI is InChI=1S/C15H19NO4/c17-14(16-7-8-20-10-11-5-6-11)9-12-3-1-2-4-13(12)15(18)19/h1-4,11H,5-10H2,(H,16,17)(H,18,19). The molecule has 1 amide bonds. The number of amides is 1. The van der Waals surface area contributed by atoms with Gasteiger partial charge in [-0.25, -0.2) is 4.79 Å². The number of nitrogens with one attached hydrogen (secondary N) is 1. The first kappa shape index (κ1) is 14.5. The summed E-state index contributed by atoms with van der Waals surface area (Å²) in [4.78, 5) is 22.8. The molecule has 1 aromatic carbocycles. The SMILES string of the molecule is O=C(Cc1ccccc1C(=O)O)NCCOCC1CC1. The van der Waals surface area contributed by atoms with E-state index in [0.717, 1.165) is 6.61 Å². The maximum atomic E-state index is 11.7. The Morgan fingerprint density at radius 1 is 1.30 bits per heavy atom. The predicted molar refractivity (Wildman–Crippen MR) is 73.7 cm³/mol. The van der Waals surface area contributed by atoms with Gasteiger partial charge in [0, 0.05) is 13.2 Å². The lowest BCUT2D eigenvalue weighted by molar-refractivity contribution is -0.120. The van der Waals surface area contributed by atoms with Crippen molar-refractivity contribution in [3.05, 3.63) is 35.4 Å².